The van der Waals surface area contributed by atoms with Crippen molar-refractivity contribution < 1.29 is 73.8 Å². The van der Waals surface area contributed by atoms with E-state index in [0.717, 1.165) is 176 Å². The molecule has 2 aliphatic heterocycles. The Morgan fingerprint density at radius 1 is 0.338 bits per heavy atom. The Kier molecular flexibility index (Phi) is 25.4. The first-order valence-corrected chi connectivity index (χ1v) is 22.1. The number of nitro benzene ring substituents is 4. The number of benzene rings is 4. The van der Waals surface area contributed by atoms with Gasteiger partial charge in [0.2, 0.25) is 0 Å². The molecule has 0 spiro atoms. The smallest absolute Gasteiger partial charge is 0.736 e. The molecule has 2 heterocycles. The molecule has 0 aliphatic carbocycles. The van der Waals surface area contributed by atoms with Gasteiger partial charge in [0.1, 0.15) is 23.0 Å². The molecule has 6 rings (SSSR count). The third-order valence-electron chi connectivity index (χ3n) is 7.93. The minimum Gasteiger partial charge on any atom is -0.736 e. The topological polar surface area (TPSA) is 362 Å². The first-order chi connectivity index (χ1) is 30.5. The molecular weight excluding hydrogens is 954 g/mol. The van der Waals surface area contributed by atoms with Gasteiger partial charge in [0, 0.05) is 127 Å². The van der Waals surface area contributed by atoms with E-state index in [9.17, 15) is 59.4 Å². The number of nitro groups is 4. The van der Waals surface area contributed by atoms with Gasteiger partial charge in [-0.1, -0.05) is 0 Å². The van der Waals surface area contributed by atoms with Gasteiger partial charge < -0.3 is 59.8 Å². The summed E-state index contributed by atoms with van der Waals surface area (Å²) in [5.41, 5.74) is -0.910. The molecule has 357 valence electrons. The second-order valence-corrected chi connectivity index (χ2v) is 15.3. The van der Waals surface area contributed by atoms with Crippen LogP contribution in [0.25, 0.3) is 0 Å². The Bertz CT molecular complexity index is 1830. The number of rotatable bonds is 12. The Morgan fingerprint density at radius 2 is 0.477 bits per heavy atom. The molecule has 0 saturated carbocycles. The van der Waals surface area contributed by atoms with Gasteiger partial charge >= 0.3 is 32.7 Å². The van der Waals surface area contributed by atoms with Crippen molar-refractivity contribution in [2.45, 2.75) is 0 Å². The predicted molar refractivity (Wildman–Crippen MR) is 227 cm³/mol. The maximum absolute atomic E-state index is 11.7. The second-order valence-electron chi connectivity index (χ2n) is 12.8. The Balaban J connectivity index is 0.000000322. The summed E-state index contributed by atoms with van der Waals surface area (Å²) in [6.07, 6.45) is 0. The van der Waals surface area contributed by atoms with Crippen LogP contribution in [0.1, 0.15) is 0 Å². The number of hydrogen-bond acceptors (Lipinski definition) is 22. The summed E-state index contributed by atoms with van der Waals surface area (Å²) in [6, 6.07) is 17.4. The fraction of sp³-hybridized carbons (Fsp3) is 0.333. The molecule has 0 aromatic heterocycles. The van der Waals surface area contributed by atoms with Crippen molar-refractivity contribution in [2.75, 3.05) is 78.5 Å². The zero-order valence-corrected chi connectivity index (χ0v) is 37.0. The molecule has 2 saturated heterocycles. The van der Waals surface area contributed by atoms with Gasteiger partial charge in [-0.15, -0.1) is 0 Å². The first kappa shape index (κ1) is 55.5. The van der Waals surface area contributed by atoms with E-state index in [2.05, 4.69) is 50.0 Å². The summed E-state index contributed by atoms with van der Waals surface area (Å²) in [5, 5.41) is 61.8. The summed E-state index contributed by atoms with van der Waals surface area (Å²) in [4.78, 5) is 62.8. The average molecular weight is 1000 g/mol. The van der Waals surface area contributed by atoms with Crippen LogP contribution >= 0.6 is 15.6 Å². The molecule has 1 radical (unpaired) electrons. The van der Waals surface area contributed by atoms with Gasteiger partial charge in [-0.3, -0.25) is 40.5 Å². The Morgan fingerprint density at radius 3 is 0.600 bits per heavy atom. The third-order valence-corrected chi connectivity index (χ3v) is 9.67. The van der Waals surface area contributed by atoms with Gasteiger partial charge in [-0.2, -0.15) is 0 Å². The van der Waals surface area contributed by atoms with Gasteiger partial charge in [0.05, 0.1) is 19.7 Å². The molecular formula is C36H46CuN10O16P2. The Labute approximate surface area is 382 Å². The van der Waals surface area contributed by atoms with Crippen molar-refractivity contribution >= 4 is 38.4 Å². The zero-order chi connectivity index (χ0) is 46.8. The maximum Gasteiger partial charge on any atom is 2.00 e. The molecule has 4 aromatic rings. The van der Waals surface area contributed by atoms with Crippen molar-refractivity contribution in [1.29, 1.82) is 0 Å². The number of non-ortho nitro benzene ring substituents is 4. The summed E-state index contributed by atoms with van der Waals surface area (Å²) in [5.74, 6) is -0.682. The second kappa shape index (κ2) is 29.7. The number of hydrogen-bond donors (Lipinski definition) is 6. The van der Waals surface area contributed by atoms with Gasteiger partial charge in [0.15, 0.2) is 0 Å². The van der Waals surface area contributed by atoms with Crippen LogP contribution in [0, 0.1) is 40.5 Å². The van der Waals surface area contributed by atoms with Gasteiger partial charge in [-0.25, -0.2) is 9.13 Å². The van der Waals surface area contributed by atoms with Crippen molar-refractivity contribution in [1.82, 2.24) is 31.9 Å². The van der Waals surface area contributed by atoms with Crippen LogP contribution in [0.3, 0.4) is 0 Å². The van der Waals surface area contributed by atoms with Crippen LogP contribution in [-0.2, 0) is 26.2 Å². The van der Waals surface area contributed by atoms with E-state index >= 15 is 0 Å². The van der Waals surface area contributed by atoms with Crippen LogP contribution in [0.4, 0.5) is 22.7 Å². The molecule has 0 bridgehead atoms. The van der Waals surface area contributed by atoms with E-state index in [4.69, 9.17) is 0 Å². The Hall–Kier alpha value is -5.66. The normalized spacial score (nSPS) is 14.3. The summed E-state index contributed by atoms with van der Waals surface area (Å²) < 4.78 is 42.0. The van der Waals surface area contributed by atoms with E-state index in [1.54, 1.807) is 0 Å². The summed E-state index contributed by atoms with van der Waals surface area (Å²) >= 11 is 0. The van der Waals surface area contributed by atoms with Crippen LogP contribution in [0.15, 0.2) is 97.1 Å². The van der Waals surface area contributed by atoms with Crippen molar-refractivity contribution in [3.05, 3.63) is 138 Å². The van der Waals surface area contributed by atoms with Crippen LogP contribution in [0.5, 0.6) is 23.0 Å². The molecule has 0 amide bonds. The van der Waals surface area contributed by atoms with Crippen molar-refractivity contribution in [3.8, 4) is 23.0 Å². The number of nitrogens with zero attached hydrogens (tertiary/aromatic N) is 4. The van der Waals surface area contributed by atoms with Crippen LogP contribution in [-0.4, -0.2) is 98.2 Å². The first-order valence-electron chi connectivity index (χ1n) is 19.2. The monoisotopic (exact) mass is 999 g/mol. The van der Waals surface area contributed by atoms with Gasteiger partial charge in [0.25, 0.3) is 22.7 Å². The maximum atomic E-state index is 11.7. The van der Waals surface area contributed by atoms with Crippen molar-refractivity contribution in [3.63, 3.8) is 0 Å². The van der Waals surface area contributed by atoms with Crippen molar-refractivity contribution in [2.24, 2.45) is 0 Å². The number of nitrogens with one attached hydrogen (secondary N) is 6. The van der Waals surface area contributed by atoms with E-state index < -0.39 is 35.3 Å². The molecule has 4 aromatic carbocycles. The minimum absolute atomic E-state index is 0. The molecule has 0 atom stereocenters. The number of phosphoric acid groups is 2. The standard InChI is InChI=1S/2C12H9N2O8P.2C6H15N3.Cu/c2*15-13(16)9-1-5-11(6-2-9)21-23(19,20)22-12-7-3-10(4-8-12)14(17)18;2*1-2-8-5-6-9-4-3-7-1;/h2*1-8H,(H,19,20);2*7-9H,1-6H2;/q;;;;+2/p-2. The van der Waals surface area contributed by atoms with Gasteiger partial charge in [-0.05, 0) is 48.5 Å². The molecule has 65 heavy (non-hydrogen) atoms. The fourth-order valence-electron chi connectivity index (χ4n) is 4.88. The van der Waals surface area contributed by atoms with Crippen LogP contribution < -0.4 is 59.8 Å². The molecule has 29 heteroatoms. The number of phosphoric ester groups is 2. The van der Waals surface area contributed by atoms with E-state index in [1.807, 2.05) is 0 Å². The van der Waals surface area contributed by atoms with E-state index in [-0.39, 0.29) is 62.8 Å². The molecule has 26 nitrogen and oxygen atoms in total. The van der Waals surface area contributed by atoms with E-state index in [1.165, 1.54) is 0 Å². The quantitative estimate of drug-likeness (QED) is 0.0513. The summed E-state index contributed by atoms with van der Waals surface area (Å²) in [7, 11) is -9.61. The predicted octanol–water partition coefficient (Wildman–Crippen LogP) is 2.39. The molecule has 2 aliphatic rings. The fourth-order valence-corrected chi connectivity index (χ4v) is 6.47. The molecule has 2 fully saturated rings. The summed E-state index contributed by atoms with van der Waals surface area (Å²) in [6.45, 7) is 13.2. The largest absolute Gasteiger partial charge is 2.00 e. The minimum atomic E-state index is -4.80. The zero-order valence-electron chi connectivity index (χ0n) is 34.2. The van der Waals surface area contributed by atoms with Crippen LogP contribution in [0.2, 0.25) is 0 Å². The SMILES string of the molecule is C1CNCCNCCN1.C1CNCCNCCN1.O=[N+]([O-])c1ccc(OP(=O)([O-])Oc2ccc([N+](=O)[O-])cc2)cc1.O=[N+]([O-])c1ccc(OP(=O)([O-])Oc2ccc([N+](=O)[O-])cc2)cc1.[Cu+2]. The third kappa shape index (κ3) is 23.7. The van der Waals surface area contributed by atoms with E-state index in [0.29, 0.717) is 0 Å². The molecule has 0 unspecified atom stereocenters. The molecule has 6 N–H and O–H groups in total. The average Bonchev–Trinajstić information content (AvgIpc) is 3.52.